The Morgan fingerprint density at radius 3 is 2.37 bits per heavy atom. The topological polar surface area (TPSA) is 77.9 Å². The summed E-state index contributed by atoms with van der Waals surface area (Å²) < 4.78 is 54.9. The second-order valence-electron chi connectivity index (χ2n) is 6.36. The number of piperazine rings is 1. The van der Waals surface area contributed by atoms with Crippen LogP contribution in [0.25, 0.3) is 11.1 Å². The van der Waals surface area contributed by atoms with E-state index in [-0.39, 0.29) is 34.7 Å². The number of hydrogen-bond acceptors (Lipinski definition) is 4. The highest BCUT2D eigenvalue weighted by molar-refractivity contribution is 7.89. The molecule has 2 aromatic carbocycles. The molecule has 1 saturated heterocycles. The van der Waals surface area contributed by atoms with Gasteiger partial charge in [-0.3, -0.25) is 0 Å². The summed E-state index contributed by atoms with van der Waals surface area (Å²) in [6.07, 6.45) is 0. The highest BCUT2D eigenvalue weighted by Crippen LogP contribution is 2.29. The molecular formula is C18H18F2N2O4S. The van der Waals surface area contributed by atoms with E-state index in [0.717, 1.165) is 18.2 Å². The lowest BCUT2D eigenvalue weighted by atomic mass is 10.0. The van der Waals surface area contributed by atoms with E-state index in [1.165, 1.54) is 22.5 Å². The summed E-state index contributed by atoms with van der Waals surface area (Å²) in [5, 5.41) is 9.33. The first kappa shape index (κ1) is 19.4. The largest absolute Gasteiger partial charge is 0.478 e. The minimum absolute atomic E-state index is 0.0143. The SMILES string of the molecule is CN1CCN(S(=O)(=O)c2cc(C(=O)O)cc(-c3cccc(F)c3F)c2)CC1. The van der Waals surface area contributed by atoms with Crippen molar-refractivity contribution in [3.63, 3.8) is 0 Å². The molecule has 2 aromatic rings. The van der Waals surface area contributed by atoms with Crippen molar-refractivity contribution in [2.45, 2.75) is 4.90 Å². The standard InChI is InChI=1S/C18H18F2N2O4S/c1-21-5-7-22(8-6-21)27(25,26)14-10-12(9-13(11-14)18(23)24)15-3-2-4-16(19)17(15)20/h2-4,9-11H,5-8H2,1H3,(H,23,24). The van der Waals surface area contributed by atoms with Crippen LogP contribution in [0.3, 0.4) is 0 Å². The highest BCUT2D eigenvalue weighted by atomic mass is 32.2. The van der Waals surface area contributed by atoms with Crippen molar-refractivity contribution in [1.29, 1.82) is 0 Å². The van der Waals surface area contributed by atoms with Crippen LogP contribution in [0.2, 0.25) is 0 Å². The lowest BCUT2D eigenvalue weighted by molar-refractivity contribution is 0.0696. The summed E-state index contributed by atoms with van der Waals surface area (Å²) >= 11 is 0. The molecule has 1 heterocycles. The van der Waals surface area contributed by atoms with Gasteiger partial charge in [0.1, 0.15) is 0 Å². The lowest BCUT2D eigenvalue weighted by Crippen LogP contribution is -2.47. The number of hydrogen-bond donors (Lipinski definition) is 1. The molecule has 0 saturated carbocycles. The molecule has 0 aromatic heterocycles. The minimum Gasteiger partial charge on any atom is -0.478 e. The summed E-state index contributed by atoms with van der Waals surface area (Å²) in [4.78, 5) is 13.2. The number of aromatic carboxylic acids is 1. The van der Waals surface area contributed by atoms with Crippen LogP contribution >= 0.6 is 0 Å². The maximum Gasteiger partial charge on any atom is 0.335 e. The zero-order valence-electron chi connectivity index (χ0n) is 14.5. The molecular weight excluding hydrogens is 378 g/mol. The second kappa shape index (κ2) is 7.34. The fourth-order valence-electron chi connectivity index (χ4n) is 2.93. The van der Waals surface area contributed by atoms with Crippen LogP contribution in [0.1, 0.15) is 10.4 Å². The van der Waals surface area contributed by atoms with Crippen LogP contribution in [-0.4, -0.2) is 61.9 Å². The zero-order chi connectivity index (χ0) is 19.8. The molecule has 27 heavy (non-hydrogen) atoms. The molecule has 0 aliphatic carbocycles. The van der Waals surface area contributed by atoms with Crippen LogP contribution in [-0.2, 0) is 10.0 Å². The number of benzene rings is 2. The molecule has 0 spiro atoms. The van der Waals surface area contributed by atoms with E-state index in [1.807, 2.05) is 11.9 Å². The fourth-order valence-corrected chi connectivity index (χ4v) is 4.43. The smallest absolute Gasteiger partial charge is 0.335 e. The summed E-state index contributed by atoms with van der Waals surface area (Å²) in [5.41, 5.74) is -0.531. The first-order chi connectivity index (χ1) is 12.7. The van der Waals surface area contributed by atoms with E-state index >= 15 is 0 Å². The predicted octanol–water partition coefficient (Wildman–Crippen LogP) is 2.27. The van der Waals surface area contributed by atoms with Crippen molar-refractivity contribution < 1.29 is 27.1 Å². The quantitative estimate of drug-likeness (QED) is 0.858. The van der Waals surface area contributed by atoms with Crippen LogP contribution in [0.15, 0.2) is 41.3 Å². The maximum atomic E-state index is 14.2. The van der Waals surface area contributed by atoms with Gasteiger partial charge in [0.2, 0.25) is 10.0 Å². The van der Waals surface area contributed by atoms with Crippen LogP contribution < -0.4 is 0 Å². The predicted molar refractivity (Wildman–Crippen MR) is 95.0 cm³/mol. The molecule has 9 heteroatoms. The number of carboxylic acids is 1. The molecule has 144 valence electrons. The molecule has 1 aliphatic heterocycles. The van der Waals surface area contributed by atoms with Gasteiger partial charge >= 0.3 is 5.97 Å². The first-order valence-corrected chi connectivity index (χ1v) is 9.65. The molecule has 1 aliphatic rings. The summed E-state index contributed by atoms with van der Waals surface area (Å²) in [7, 11) is -2.09. The van der Waals surface area contributed by atoms with Gasteiger partial charge in [-0.2, -0.15) is 4.31 Å². The third kappa shape index (κ3) is 3.85. The number of rotatable bonds is 4. The Kier molecular flexibility index (Phi) is 5.27. The normalized spacial score (nSPS) is 16.4. The average molecular weight is 396 g/mol. The van der Waals surface area contributed by atoms with Crippen molar-refractivity contribution in [1.82, 2.24) is 9.21 Å². The molecule has 0 unspecified atom stereocenters. The Labute approximate surface area is 155 Å². The van der Waals surface area contributed by atoms with Gasteiger partial charge in [0, 0.05) is 31.7 Å². The third-order valence-electron chi connectivity index (χ3n) is 4.52. The number of likely N-dealkylation sites (N-methyl/N-ethyl adjacent to an activating group) is 1. The van der Waals surface area contributed by atoms with Gasteiger partial charge in [0.25, 0.3) is 0 Å². The number of carboxylic acid groups (broad SMARTS) is 1. The van der Waals surface area contributed by atoms with Crippen LogP contribution in [0.4, 0.5) is 8.78 Å². The van der Waals surface area contributed by atoms with Crippen molar-refractivity contribution in [3.05, 3.63) is 53.6 Å². The van der Waals surface area contributed by atoms with Gasteiger partial charge in [0.05, 0.1) is 10.5 Å². The van der Waals surface area contributed by atoms with E-state index in [2.05, 4.69) is 0 Å². The Hall–Kier alpha value is -2.36. The van der Waals surface area contributed by atoms with E-state index in [4.69, 9.17) is 0 Å². The molecule has 6 nitrogen and oxygen atoms in total. The molecule has 0 amide bonds. The minimum atomic E-state index is -3.97. The monoisotopic (exact) mass is 396 g/mol. The molecule has 0 bridgehead atoms. The van der Waals surface area contributed by atoms with Crippen LogP contribution in [0, 0.1) is 11.6 Å². The zero-order valence-corrected chi connectivity index (χ0v) is 15.3. The Balaban J connectivity index is 2.12. The second-order valence-corrected chi connectivity index (χ2v) is 8.30. The van der Waals surface area contributed by atoms with Gasteiger partial charge < -0.3 is 10.0 Å². The van der Waals surface area contributed by atoms with E-state index < -0.39 is 27.6 Å². The average Bonchev–Trinajstić information content (AvgIpc) is 2.64. The Morgan fingerprint density at radius 1 is 1.07 bits per heavy atom. The van der Waals surface area contributed by atoms with Crippen molar-refractivity contribution >= 4 is 16.0 Å². The Morgan fingerprint density at radius 2 is 1.74 bits per heavy atom. The number of halogens is 2. The third-order valence-corrected chi connectivity index (χ3v) is 6.39. The summed E-state index contributed by atoms with van der Waals surface area (Å²) in [6, 6.07) is 6.82. The Bertz CT molecular complexity index is 987. The van der Waals surface area contributed by atoms with Gasteiger partial charge in [0.15, 0.2) is 11.6 Å². The van der Waals surface area contributed by atoms with Crippen LogP contribution in [0.5, 0.6) is 0 Å². The van der Waals surface area contributed by atoms with E-state index in [1.54, 1.807) is 0 Å². The van der Waals surface area contributed by atoms with Gasteiger partial charge in [-0.05, 0) is 36.9 Å². The summed E-state index contributed by atoms with van der Waals surface area (Å²) in [6.45, 7) is 1.62. The summed E-state index contributed by atoms with van der Waals surface area (Å²) in [5.74, 6) is -3.62. The van der Waals surface area contributed by atoms with Crippen molar-refractivity contribution in [3.8, 4) is 11.1 Å². The van der Waals surface area contributed by atoms with Crippen molar-refractivity contribution in [2.24, 2.45) is 0 Å². The fraction of sp³-hybridized carbons (Fsp3) is 0.278. The van der Waals surface area contributed by atoms with E-state index in [9.17, 15) is 27.1 Å². The van der Waals surface area contributed by atoms with E-state index in [0.29, 0.717) is 13.1 Å². The highest BCUT2D eigenvalue weighted by Gasteiger charge is 2.29. The van der Waals surface area contributed by atoms with Gasteiger partial charge in [-0.15, -0.1) is 0 Å². The van der Waals surface area contributed by atoms with Gasteiger partial charge in [-0.1, -0.05) is 12.1 Å². The number of carbonyl (C=O) groups is 1. The number of nitrogens with zero attached hydrogens (tertiary/aromatic N) is 2. The van der Waals surface area contributed by atoms with Crippen molar-refractivity contribution in [2.75, 3.05) is 33.2 Å². The molecule has 1 fully saturated rings. The first-order valence-electron chi connectivity index (χ1n) is 8.21. The molecule has 1 N–H and O–H groups in total. The lowest BCUT2D eigenvalue weighted by Gasteiger charge is -2.31. The molecule has 0 radical (unpaired) electrons. The maximum absolute atomic E-state index is 14.2. The van der Waals surface area contributed by atoms with Gasteiger partial charge in [-0.25, -0.2) is 22.0 Å². The molecule has 0 atom stereocenters. The molecule has 3 rings (SSSR count). The number of sulfonamides is 1.